The maximum Gasteiger partial charge on any atom is 0.419 e. The minimum Gasteiger partial charge on any atom is -0.480 e. The molecule has 2 amide bonds. The summed E-state index contributed by atoms with van der Waals surface area (Å²) >= 11 is 0. The van der Waals surface area contributed by atoms with Crippen LogP contribution in [0.5, 0.6) is 5.88 Å². The van der Waals surface area contributed by atoms with Crippen molar-refractivity contribution in [3.8, 4) is 5.88 Å². The predicted octanol–water partition coefficient (Wildman–Crippen LogP) is 4.84. The molecule has 248 valence electrons. The molecule has 1 aromatic heterocycles. The highest BCUT2D eigenvalue weighted by molar-refractivity contribution is 6.03. The van der Waals surface area contributed by atoms with Crippen LogP contribution in [0.25, 0.3) is 0 Å². The molecule has 8 rings (SSSR count). The van der Waals surface area contributed by atoms with Gasteiger partial charge >= 0.3 is 6.18 Å². The number of nitrogens with zero attached hydrogens (tertiary/aromatic N) is 2. The van der Waals surface area contributed by atoms with Crippen molar-refractivity contribution in [1.82, 2.24) is 15.2 Å². The van der Waals surface area contributed by atoms with Crippen LogP contribution in [0.2, 0.25) is 0 Å². The van der Waals surface area contributed by atoms with Gasteiger partial charge < -0.3 is 25.4 Å². The first kappa shape index (κ1) is 31.1. The summed E-state index contributed by atoms with van der Waals surface area (Å²) in [5.41, 5.74) is -1.74. The lowest BCUT2D eigenvalue weighted by molar-refractivity contribution is -0.140. The van der Waals surface area contributed by atoms with Crippen LogP contribution in [-0.4, -0.2) is 72.7 Å². The van der Waals surface area contributed by atoms with Crippen molar-refractivity contribution in [2.24, 2.45) is 23.7 Å². The molecular weight excluding hydrogens is 613 g/mol. The number of rotatable bonds is 8. The molecule has 0 radical (unpaired) electrons. The van der Waals surface area contributed by atoms with Gasteiger partial charge in [-0.2, -0.15) is 13.2 Å². The molecule has 2 heterocycles. The monoisotopic (exact) mass is 649 g/mol. The maximum absolute atomic E-state index is 15.5. The Morgan fingerprint density at radius 3 is 2.50 bits per heavy atom. The lowest BCUT2D eigenvalue weighted by atomic mass is 9.75. The summed E-state index contributed by atoms with van der Waals surface area (Å²) in [7, 11) is 1.34. The molecule has 1 saturated heterocycles. The Morgan fingerprint density at radius 1 is 1.04 bits per heavy atom. The van der Waals surface area contributed by atoms with Gasteiger partial charge in [-0.3, -0.25) is 14.5 Å². The number of benzene rings is 1. The summed E-state index contributed by atoms with van der Waals surface area (Å²) < 4.78 is 80.1. The second kappa shape index (κ2) is 11.6. The van der Waals surface area contributed by atoms with Crippen molar-refractivity contribution in [2.45, 2.75) is 62.3 Å². The van der Waals surface area contributed by atoms with Gasteiger partial charge in [0.15, 0.2) is 5.82 Å². The van der Waals surface area contributed by atoms with Crippen LogP contribution in [0.15, 0.2) is 24.4 Å². The summed E-state index contributed by atoms with van der Waals surface area (Å²) in [5.74, 6) is -4.02. The number of aromatic nitrogens is 1. The summed E-state index contributed by atoms with van der Waals surface area (Å²) in [6, 6.07) is 1.58. The van der Waals surface area contributed by atoms with E-state index in [0.29, 0.717) is 37.7 Å². The number of hydrogen-bond donors (Lipinski definition) is 3. The molecule has 6 fully saturated rings. The molecule has 2 aromatic rings. The van der Waals surface area contributed by atoms with Crippen molar-refractivity contribution < 1.29 is 41.0 Å². The molecule has 1 aliphatic heterocycles. The van der Waals surface area contributed by atoms with Gasteiger partial charge in [-0.05, 0) is 74.5 Å². The largest absolute Gasteiger partial charge is 0.480 e. The Hall–Kier alpha value is -3.52. The number of carbonyl (C=O) groups is 2. The molecule has 1 aromatic carbocycles. The molecule has 0 spiro atoms. The van der Waals surface area contributed by atoms with Gasteiger partial charge in [0.05, 0.1) is 43.7 Å². The molecule has 3 N–H and O–H groups in total. The fraction of sp³-hybridized carbons (Fsp3) is 0.594. The number of amides is 2. The first-order valence-electron chi connectivity index (χ1n) is 15.8. The van der Waals surface area contributed by atoms with Crippen LogP contribution in [0.3, 0.4) is 0 Å². The fourth-order valence-corrected chi connectivity index (χ4v) is 8.85. The summed E-state index contributed by atoms with van der Waals surface area (Å²) in [4.78, 5) is 33.9. The SMILES string of the molecule is COc1ncc(F)c(NC2CC3(N4CCOCC4)CC2C3)c1C(=O)N[C@@H]1[C@H]2CC[C@H](C2)[C@@H]1C(=O)Nc1ccc(F)c(C(F)(F)F)c1. The van der Waals surface area contributed by atoms with E-state index in [1.54, 1.807) is 0 Å². The zero-order valence-electron chi connectivity index (χ0n) is 25.3. The molecule has 5 saturated carbocycles. The lowest BCUT2D eigenvalue weighted by Gasteiger charge is -2.49. The van der Waals surface area contributed by atoms with Gasteiger partial charge in [0, 0.05) is 36.4 Å². The zero-order valence-corrected chi connectivity index (χ0v) is 25.3. The van der Waals surface area contributed by atoms with Crippen molar-refractivity contribution in [1.29, 1.82) is 0 Å². The number of ether oxygens (including phenoxy) is 2. The predicted molar refractivity (Wildman–Crippen MR) is 156 cm³/mol. The summed E-state index contributed by atoms with van der Waals surface area (Å²) in [6.07, 6.45) is 0.977. The molecule has 14 heteroatoms. The Kier molecular flexibility index (Phi) is 7.86. The topological polar surface area (TPSA) is 105 Å². The Balaban J connectivity index is 1.10. The first-order chi connectivity index (χ1) is 22.0. The first-order valence-corrected chi connectivity index (χ1v) is 15.8. The van der Waals surface area contributed by atoms with E-state index in [-0.39, 0.29) is 46.2 Å². The van der Waals surface area contributed by atoms with Crippen LogP contribution < -0.4 is 20.7 Å². The highest BCUT2D eigenvalue weighted by Crippen LogP contribution is 2.56. The average Bonchev–Trinajstić information content (AvgIpc) is 3.79. The number of alkyl halides is 3. The quantitative estimate of drug-likeness (QED) is 0.352. The second-order valence-corrected chi connectivity index (χ2v) is 13.4. The van der Waals surface area contributed by atoms with Crippen molar-refractivity contribution in [3.05, 3.63) is 47.2 Å². The highest BCUT2D eigenvalue weighted by Gasteiger charge is 2.59. The number of methoxy groups -OCH3 is 1. The van der Waals surface area contributed by atoms with E-state index in [1.807, 2.05) is 0 Å². The zero-order chi connectivity index (χ0) is 32.4. The Morgan fingerprint density at radius 2 is 1.78 bits per heavy atom. The smallest absolute Gasteiger partial charge is 0.419 e. The van der Waals surface area contributed by atoms with Crippen LogP contribution in [-0.2, 0) is 15.7 Å². The van der Waals surface area contributed by atoms with Gasteiger partial charge in [-0.25, -0.2) is 13.8 Å². The number of carbonyl (C=O) groups excluding carboxylic acids is 2. The number of anilines is 2. The van der Waals surface area contributed by atoms with E-state index < -0.39 is 47.1 Å². The van der Waals surface area contributed by atoms with Gasteiger partial charge in [0.1, 0.15) is 11.4 Å². The molecule has 1 unspecified atom stereocenters. The van der Waals surface area contributed by atoms with E-state index in [2.05, 4.69) is 25.8 Å². The number of morpholine rings is 1. The third kappa shape index (κ3) is 5.36. The van der Waals surface area contributed by atoms with E-state index >= 15 is 4.39 Å². The average molecular weight is 650 g/mol. The Labute approximate surface area is 262 Å². The molecule has 46 heavy (non-hydrogen) atoms. The number of nitrogens with one attached hydrogen (secondary N) is 3. The Bertz CT molecular complexity index is 1530. The van der Waals surface area contributed by atoms with Crippen LogP contribution in [0.4, 0.5) is 33.3 Å². The van der Waals surface area contributed by atoms with Gasteiger partial charge in [0.2, 0.25) is 11.8 Å². The molecule has 9 nitrogen and oxygen atoms in total. The van der Waals surface area contributed by atoms with Gasteiger partial charge in [-0.1, -0.05) is 0 Å². The molecule has 5 aliphatic carbocycles. The maximum atomic E-state index is 15.5. The minimum absolute atomic E-state index is 0.00539. The number of pyridine rings is 1. The van der Waals surface area contributed by atoms with Crippen LogP contribution >= 0.6 is 0 Å². The normalized spacial score (nSPS) is 31.8. The van der Waals surface area contributed by atoms with Crippen molar-refractivity contribution in [2.75, 3.05) is 44.0 Å². The molecular formula is C32H36F5N5O4. The van der Waals surface area contributed by atoms with E-state index in [4.69, 9.17) is 9.47 Å². The van der Waals surface area contributed by atoms with Gasteiger partial charge in [-0.15, -0.1) is 0 Å². The molecule has 6 aliphatic rings. The number of fused-ring (bicyclic) bond motifs is 3. The van der Waals surface area contributed by atoms with Crippen molar-refractivity contribution >= 4 is 23.2 Å². The summed E-state index contributed by atoms with van der Waals surface area (Å²) in [6.45, 7) is 3.08. The van der Waals surface area contributed by atoms with Gasteiger partial charge in [0.25, 0.3) is 5.91 Å². The van der Waals surface area contributed by atoms with Crippen LogP contribution in [0.1, 0.15) is 54.4 Å². The third-order valence-corrected chi connectivity index (χ3v) is 10.9. The van der Waals surface area contributed by atoms with E-state index in [0.717, 1.165) is 57.5 Å². The second-order valence-electron chi connectivity index (χ2n) is 13.4. The minimum atomic E-state index is -4.93. The van der Waals surface area contributed by atoms with E-state index in [9.17, 15) is 27.2 Å². The lowest BCUT2D eigenvalue weighted by Crippen LogP contribution is -2.56. The van der Waals surface area contributed by atoms with E-state index in [1.165, 1.54) is 7.11 Å². The standard InChI is InChI=1S/C32H36F5N5O4/c1-45-30-25(27(22(34)15-38-30)40-23-14-31(12-18(23)13-31)42-6-8-46-9-7-42)29(44)41-26-17-3-2-16(10-17)24(26)28(43)39-19-4-5-21(33)20(11-19)32(35,36)37/h4-5,11,15-18,23-24,26H,2-3,6-10,12-14H2,1H3,(H,38,40)(H,39,43)(H,41,44)/t16-,17+,18?,23?,24+,26-,31?/m1/s1. The van der Waals surface area contributed by atoms with Crippen molar-refractivity contribution in [3.63, 3.8) is 0 Å². The third-order valence-electron chi connectivity index (χ3n) is 10.9. The van der Waals surface area contributed by atoms with Crippen LogP contribution in [0, 0.1) is 35.3 Å². The number of halogens is 5. The number of hydrogen-bond acceptors (Lipinski definition) is 7. The highest BCUT2D eigenvalue weighted by atomic mass is 19.4. The molecule has 5 atom stereocenters. The molecule has 4 bridgehead atoms. The fourth-order valence-electron chi connectivity index (χ4n) is 8.85. The summed E-state index contributed by atoms with van der Waals surface area (Å²) in [5, 5.41) is 8.77.